The minimum absolute atomic E-state index is 0.0702. The lowest BCUT2D eigenvalue weighted by atomic mass is 10.2. The maximum absolute atomic E-state index is 11.2. The molecule has 3 N–H and O–H groups in total. The molecule has 18 heavy (non-hydrogen) atoms. The number of thioether (sulfide) groups is 1. The van der Waals surface area contributed by atoms with E-state index in [2.05, 4.69) is 10.6 Å². The van der Waals surface area contributed by atoms with Crippen molar-refractivity contribution in [3.63, 3.8) is 0 Å². The van der Waals surface area contributed by atoms with Gasteiger partial charge in [0, 0.05) is 11.4 Å². The molecule has 0 fully saturated rings. The Hall–Kier alpha value is -2.02. The normalized spacial score (nSPS) is 13.4. The van der Waals surface area contributed by atoms with Crippen LogP contribution in [0.5, 0.6) is 0 Å². The summed E-state index contributed by atoms with van der Waals surface area (Å²) in [6.07, 6.45) is 0. The number of carboxylic acids is 1. The first-order valence-corrected chi connectivity index (χ1v) is 6.11. The molecule has 0 spiro atoms. The minimum Gasteiger partial charge on any atom is -0.474 e. The number of carbonyl (C=O) groups excluding carboxylic acids is 2. The van der Waals surface area contributed by atoms with E-state index in [9.17, 15) is 14.4 Å². The average molecular weight is 266 g/mol. The van der Waals surface area contributed by atoms with Crippen LogP contribution in [0.3, 0.4) is 0 Å². The monoisotopic (exact) mass is 266 g/mol. The number of anilines is 1. The van der Waals surface area contributed by atoms with E-state index in [-0.39, 0.29) is 12.5 Å². The number of benzene rings is 1. The first-order chi connectivity index (χ1) is 8.56. The Balaban J connectivity index is 2.07. The topological polar surface area (TPSA) is 95.5 Å². The highest BCUT2D eigenvalue weighted by atomic mass is 32.2. The van der Waals surface area contributed by atoms with Crippen molar-refractivity contribution in [2.75, 3.05) is 11.1 Å². The average Bonchev–Trinajstić information content (AvgIpc) is 2.35. The third-order valence-electron chi connectivity index (χ3n) is 2.32. The number of amides is 2. The van der Waals surface area contributed by atoms with Gasteiger partial charge < -0.3 is 15.7 Å². The van der Waals surface area contributed by atoms with Crippen LogP contribution < -0.4 is 10.6 Å². The number of nitrogens with one attached hydrogen (secondary N) is 2. The van der Waals surface area contributed by atoms with Crippen LogP contribution in [0.1, 0.15) is 5.56 Å². The highest BCUT2D eigenvalue weighted by molar-refractivity contribution is 8.00. The zero-order valence-electron chi connectivity index (χ0n) is 9.23. The van der Waals surface area contributed by atoms with E-state index in [0.717, 1.165) is 10.5 Å². The first-order valence-electron chi connectivity index (χ1n) is 5.13. The predicted octanol–water partition coefficient (Wildman–Crippen LogP) is 0.432. The van der Waals surface area contributed by atoms with Crippen molar-refractivity contribution in [3.05, 3.63) is 23.8 Å². The van der Waals surface area contributed by atoms with E-state index in [0.29, 0.717) is 11.4 Å². The summed E-state index contributed by atoms with van der Waals surface area (Å²) in [4.78, 5) is 33.4. The fourth-order valence-electron chi connectivity index (χ4n) is 1.50. The zero-order chi connectivity index (χ0) is 13.1. The molecule has 0 radical (unpaired) electrons. The molecule has 1 aromatic carbocycles. The number of hydrogen-bond acceptors (Lipinski definition) is 4. The van der Waals surface area contributed by atoms with E-state index in [4.69, 9.17) is 5.11 Å². The van der Waals surface area contributed by atoms with Gasteiger partial charge in [0.2, 0.25) is 5.91 Å². The van der Waals surface area contributed by atoms with Crippen LogP contribution in [-0.4, -0.2) is 28.6 Å². The number of rotatable bonds is 2. The Morgan fingerprint density at radius 2 is 2.22 bits per heavy atom. The van der Waals surface area contributed by atoms with E-state index in [1.807, 2.05) is 6.07 Å². The quantitative estimate of drug-likeness (QED) is 0.675. The lowest BCUT2D eigenvalue weighted by Gasteiger charge is -2.17. The van der Waals surface area contributed by atoms with Crippen molar-refractivity contribution in [3.8, 4) is 0 Å². The van der Waals surface area contributed by atoms with E-state index < -0.39 is 11.9 Å². The number of hydrogen-bond donors (Lipinski definition) is 3. The van der Waals surface area contributed by atoms with Crippen molar-refractivity contribution in [1.82, 2.24) is 5.32 Å². The molecule has 0 atom stereocenters. The molecule has 0 unspecified atom stereocenters. The van der Waals surface area contributed by atoms with Gasteiger partial charge in [0.05, 0.1) is 11.4 Å². The molecule has 0 aromatic heterocycles. The summed E-state index contributed by atoms with van der Waals surface area (Å²) < 4.78 is 0. The van der Waals surface area contributed by atoms with Crippen LogP contribution in [0.15, 0.2) is 23.1 Å². The van der Waals surface area contributed by atoms with Gasteiger partial charge in [-0.3, -0.25) is 9.59 Å². The Kier molecular flexibility index (Phi) is 3.52. The molecular weight excluding hydrogens is 256 g/mol. The second kappa shape index (κ2) is 5.09. The number of carboxylic acid groups (broad SMARTS) is 1. The second-order valence-electron chi connectivity index (χ2n) is 3.66. The molecular formula is C11H10N2O4S. The van der Waals surface area contributed by atoms with Gasteiger partial charge in [-0.1, -0.05) is 6.07 Å². The van der Waals surface area contributed by atoms with Crippen LogP contribution >= 0.6 is 11.8 Å². The summed E-state index contributed by atoms with van der Waals surface area (Å²) in [5, 5.41) is 13.4. The smallest absolute Gasteiger partial charge is 0.394 e. The number of fused-ring (bicyclic) bond motifs is 1. The summed E-state index contributed by atoms with van der Waals surface area (Å²) in [7, 11) is 0. The molecule has 0 saturated heterocycles. The van der Waals surface area contributed by atoms with Crippen LogP contribution in [0, 0.1) is 0 Å². The Morgan fingerprint density at radius 1 is 1.44 bits per heavy atom. The molecule has 1 aromatic rings. The molecule has 1 aliphatic rings. The van der Waals surface area contributed by atoms with Gasteiger partial charge in [-0.05, 0) is 17.7 Å². The molecule has 6 nitrogen and oxygen atoms in total. The Labute approximate surface area is 107 Å². The predicted molar refractivity (Wildman–Crippen MR) is 65.3 cm³/mol. The summed E-state index contributed by atoms with van der Waals surface area (Å²) in [6, 6.07) is 5.34. The highest BCUT2D eigenvalue weighted by Crippen LogP contribution is 2.31. The Bertz CT molecular complexity index is 530. The van der Waals surface area contributed by atoms with Crippen molar-refractivity contribution in [1.29, 1.82) is 0 Å². The van der Waals surface area contributed by atoms with Gasteiger partial charge in [-0.2, -0.15) is 0 Å². The summed E-state index contributed by atoms with van der Waals surface area (Å²) in [6.45, 7) is 0.110. The van der Waals surface area contributed by atoms with Crippen molar-refractivity contribution >= 4 is 35.2 Å². The zero-order valence-corrected chi connectivity index (χ0v) is 10.0. The van der Waals surface area contributed by atoms with Crippen LogP contribution in [0.25, 0.3) is 0 Å². The van der Waals surface area contributed by atoms with Gasteiger partial charge in [0.1, 0.15) is 0 Å². The largest absolute Gasteiger partial charge is 0.474 e. The molecule has 2 rings (SSSR count). The van der Waals surface area contributed by atoms with Crippen LogP contribution in [0.2, 0.25) is 0 Å². The summed E-state index contributed by atoms with van der Waals surface area (Å²) in [5.74, 6) is -2.25. The fraction of sp³-hybridized carbons (Fsp3) is 0.182. The SMILES string of the molecule is O=C1CSc2ccc(CNC(=O)C(=O)O)cc2N1. The molecule has 0 saturated carbocycles. The van der Waals surface area contributed by atoms with Crippen molar-refractivity contribution in [2.45, 2.75) is 11.4 Å². The van der Waals surface area contributed by atoms with Gasteiger partial charge in [0.25, 0.3) is 0 Å². The summed E-state index contributed by atoms with van der Waals surface area (Å²) >= 11 is 1.44. The molecule has 1 heterocycles. The standard InChI is InChI=1S/C11H10N2O4S/c14-9-5-18-8-2-1-6(3-7(8)13-9)4-12-10(15)11(16)17/h1-3H,4-5H2,(H,12,15)(H,13,14)(H,16,17). The van der Waals surface area contributed by atoms with E-state index in [1.165, 1.54) is 11.8 Å². The molecule has 0 aliphatic carbocycles. The van der Waals surface area contributed by atoms with Gasteiger partial charge in [-0.25, -0.2) is 4.79 Å². The second-order valence-corrected chi connectivity index (χ2v) is 4.67. The fourth-order valence-corrected chi connectivity index (χ4v) is 2.29. The molecule has 1 aliphatic heterocycles. The third kappa shape index (κ3) is 2.80. The van der Waals surface area contributed by atoms with Gasteiger partial charge >= 0.3 is 11.9 Å². The lowest BCUT2D eigenvalue weighted by molar-refractivity contribution is -0.150. The van der Waals surface area contributed by atoms with Crippen molar-refractivity contribution in [2.24, 2.45) is 0 Å². The van der Waals surface area contributed by atoms with E-state index >= 15 is 0 Å². The van der Waals surface area contributed by atoms with Gasteiger partial charge in [-0.15, -0.1) is 11.8 Å². The van der Waals surface area contributed by atoms with Gasteiger partial charge in [0.15, 0.2) is 0 Å². The van der Waals surface area contributed by atoms with Crippen LogP contribution in [-0.2, 0) is 20.9 Å². The van der Waals surface area contributed by atoms with E-state index in [1.54, 1.807) is 12.1 Å². The summed E-state index contributed by atoms with van der Waals surface area (Å²) in [5.41, 5.74) is 1.42. The first kappa shape index (κ1) is 12.4. The lowest BCUT2D eigenvalue weighted by Crippen LogP contribution is -2.30. The number of carbonyl (C=O) groups is 3. The van der Waals surface area contributed by atoms with Crippen molar-refractivity contribution < 1.29 is 19.5 Å². The molecule has 7 heteroatoms. The minimum atomic E-state index is -1.52. The maximum Gasteiger partial charge on any atom is 0.394 e. The Morgan fingerprint density at radius 3 is 2.94 bits per heavy atom. The third-order valence-corrected chi connectivity index (χ3v) is 3.40. The maximum atomic E-state index is 11.2. The molecule has 0 bridgehead atoms. The highest BCUT2D eigenvalue weighted by Gasteiger charge is 2.16. The molecule has 94 valence electrons. The molecule has 2 amide bonds. The van der Waals surface area contributed by atoms with Crippen LogP contribution in [0.4, 0.5) is 5.69 Å². The number of aliphatic carboxylic acids is 1.